The van der Waals surface area contributed by atoms with E-state index in [9.17, 15) is 0 Å². The Morgan fingerprint density at radius 1 is 0.378 bits per heavy atom. The van der Waals surface area contributed by atoms with Crippen molar-refractivity contribution in [1.82, 2.24) is 4.57 Å². The first-order valence-electron chi connectivity index (χ1n) is 25.4. The first-order valence-corrected chi connectivity index (χ1v) is 26.2. The van der Waals surface area contributed by atoms with Gasteiger partial charge in [-0.15, -0.1) is 0 Å². The number of nitrogens with zero attached hydrogens (tertiary/aromatic N) is 4. The summed E-state index contributed by atoms with van der Waals surface area (Å²) in [7, 11) is 0. The quantitative estimate of drug-likeness (QED) is 0.148. The van der Waals surface area contributed by atoms with Gasteiger partial charge in [-0.2, -0.15) is 0 Å². The maximum atomic E-state index is 7.71. The lowest BCUT2D eigenvalue weighted by atomic mass is 9.31. The minimum Gasteiger partial charge on any atom is -0.458 e. The summed E-state index contributed by atoms with van der Waals surface area (Å²) in [6.07, 6.45) is 0. The molecule has 344 valence electrons. The van der Waals surface area contributed by atoms with Crippen LogP contribution in [0, 0.1) is 0 Å². The monoisotopic (exact) mass is 960 g/mol. The van der Waals surface area contributed by atoms with E-state index >= 15 is 0 Å². The molecule has 0 aliphatic carbocycles. The number of rotatable bonds is 7. The third kappa shape index (κ3) is 6.03. The average molecular weight is 961 g/mol. The molecule has 5 heterocycles. The molecule has 0 unspecified atom stereocenters. The molecular weight excluding hydrogens is 918 g/mol. The van der Waals surface area contributed by atoms with Crippen molar-refractivity contribution >= 4 is 131 Å². The fourth-order valence-electron chi connectivity index (χ4n) is 12.7. The van der Waals surface area contributed by atoms with Crippen molar-refractivity contribution in [2.45, 2.75) is 9.79 Å². The second-order valence-electron chi connectivity index (χ2n) is 19.6. The Morgan fingerprint density at radius 2 is 0.905 bits per heavy atom. The number of para-hydroxylation sites is 7. The largest absolute Gasteiger partial charge is 0.458 e. The van der Waals surface area contributed by atoms with Crippen molar-refractivity contribution in [2.75, 3.05) is 14.7 Å². The van der Waals surface area contributed by atoms with Gasteiger partial charge in [0.1, 0.15) is 11.5 Å². The lowest BCUT2D eigenvalue weighted by molar-refractivity contribution is 0.492. The zero-order valence-corrected chi connectivity index (χ0v) is 40.8. The fourth-order valence-corrected chi connectivity index (χ4v) is 13.9. The minimum atomic E-state index is -0.0847. The number of benzene rings is 11. The minimum absolute atomic E-state index is 0.0619. The molecule has 0 N–H and O–H groups in total. The molecule has 0 atom stereocenters. The average Bonchev–Trinajstić information content (AvgIpc) is 3.96. The SMILES string of the molecule is c1ccc(N(c2ccccc2)c2cc3c4c(c2)Sc2ccccc2B4c2cc4c5c(c2O3)c2ccccc2n5-c2cc(N(c3ccccc3)c3ccccc3)cc3c2B4c2ccccc2N3c2ccccc2)cc1. The maximum absolute atomic E-state index is 7.71. The molecule has 0 saturated carbocycles. The van der Waals surface area contributed by atoms with Gasteiger partial charge in [-0.1, -0.05) is 169 Å². The van der Waals surface area contributed by atoms with Crippen LogP contribution in [0.3, 0.4) is 0 Å². The first-order chi connectivity index (χ1) is 36.7. The van der Waals surface area contributed by atoms with E-state index in [0.717, 1.165) is 73.6 Å². The third-order valence-corrected chi connectivity index (χ3v) is 16.7. The summed E-state index contributed by atoms with van der Waals surface area (Å²) in [6.45, 7) is -0.147. The Kier molecular flexibility index (Phi) is 9.09. The topological polar surface area (TPSA) is 23.9 Å². The van der Waals surface area contributed by atoms with Crippen LogP contribution in [0.1, 0.15) is 0 Å². The smallest absolute Gasteiger partial charge is 0.253 e. The number of ether oxygens (including phenoxy) is 1. The van der Waals surface area contributed by atoms with E-state index in [1.54, 1.807) is 0 Å². The lowest BCUT2D eigenvalue weighted by Crippen LogP contribution is -2.63. The van der Waals surface area contributed by atoms with E-state index in [1.165, 1.54) is 59.2 Å². The molecule has 0 saturated heterocycles. The van der Waals surface area contributed by atoms with Gasteiger partial charge in [0.25, 0.3) is 13.4 Å². The van der Waals surface area contributed by atoms with E-state index in [0.29, 0.717) is 0 Å². The van der Waals surface area contributed by atoms with Crippen molar-refractivity contribution in [3.05, 3.63) is 255 Å². The highest BCUT2D eigenvalue weighted by molar-refractivity contribution is 8.00. The van der Waals surface area contributed by atoms with Crippen LogP contribution in [0.15, 0.2) is 265 Å². The van der Waals surface area contributed by atoms with Crippen LogP contribution in [0.25, 0.3) is 27.5 Å². The summed E-state index contributed by atoms with van der Waals surface area (Å²) in [5, 5.41) is 2.32. The summed E-state index contributed by atoms with van der Waals surface area (Å²) in [6, 6.07) is 93.1. The van der Waals surface area contributed by atoms with Gasteiger partial charge >= 0.3 is 0 Å². The van der Waals surface area contributed by atoms with Gasteiger partial charge in [-0.05, 0) is 124 Å². The van der Waals surface area contributed by atoms with Crippen LogP contribution >= 0.6 is 11.8 Å². The molecule has 8 heteroatoms. The Morgan fingerprint density at radius 3 is 1.57 bits per heavy atom. The summed E-state index contributed by atoms with van der Waals surface area (Å²) in [5.41, 5.74) is 21.0. The summed E-state index contributed by atoms with van der Waals surface area (Å²) in [4.78, 5) is 9.74. The predicted octanol–water partition coefficient (Wildman–Crippen LogP) is 13.4. The second kappa shape index (κ2) is 16.2. The molecule has 11 aromatic carbocycles. The van der Waals surface area contributed by atoms with Gasteiger partial charge < -0.3 is 24.0 Å². The fraction of sp³-hybridized carbons (Fsp3) is 0. The third-order valence-electron chi connectivity index (χ3n) is 15.6. The normalized spacial score (nSPS) is 13.1. The molecule has 0 fully saturated rings. The molecule has 0 spiro atoms. The molecular formula is C66H42B2N4OS. The van der Waals surface area contributed by atoms with Crippen LogP contribution in [0.5, 0.6) is 11.5 Å². The van der Waals surface area contributed by atoms with Crippen LogP contribution in [-0.4, -0.2) is 18.0 Å². The molecule has 16 rings (SSSR count). The zero-order chi connectivity index (χ0) is 48.4. The molecule has 0 radical (unpaired) electrons. The van der Waals surface area contributed by atoms with E-state index in [2.05, 4.69) is 274 Å². The van der Waals surface area contributed by atoms with Crippen molar-refractivity contribution in [2.24, 2.45) is 0 Å². The number of hydrogen-bond donors (Lipinski definition) is 0. The summed E-state index contributed by atoms with van der Waals surface area (Å²) in [5.74, 6) is 1.82. The molecule has 5 nitrogen and oxygen atoms in total. The molecule has 12 aromatic rings. The van der Waals surface area contributed by atoms with Gasteiger partial charge in [-0.25, -0.2) is 0 Å². The predicted molar refractivity (Wildman–Crippen MR) is 311 cm³/mol. The van der Waals surface area contributed by atoms with Crippen LogP contribution in [0.4, 0.5) is 51.2 Å². The Hall–Kier alpha value is -9.10. The summed E-state index contributed by atoms with van der Waals surface area (Å²) >= 11 is 1.85. The zero-order valence-electron chi connectivity index (χ0n) is 40.0. The highest BCUT2D eigenvalue weighted by atomic mass is 32.2. The first kappa shape index (κ1) is 41.5. The Balaban J connectivity index is 1.01. The van der Waals surface area contributed by atoms with Crippen LogP contribution in [0.2, 0.25) is 0 Å². The van der Waals surface area contributed by atoms with Gasteiger partial charge in [0, 0.05) is 72.1 Å². The van der Waals surface area contributed by atoms with Crippen molar-refractivity contribution in [3.8, 4) is 17.2 Å². The van der Waals surface area contributed by atoms with Crippen LogP contribution < -0.4 is 52.2 Å². The van der Waals surface area contributed by atoms with Crippen molar-refractivity contribution < 1.29 is 4.74 Å². The highest BCUT2D eigenvalue weighted by Crippen LogP contribution is 2.49. The lowest BCUT2D eigenvalue weighted by Gasteiger charge is -2.42. The maximum Gasteiger partial charge on any atom is 0.253 e. The molecule has 0 amide bonds. The van der Waals surface area contributed by atoms with Gasteiger partial charge in [0.2, 0.25) is 0 Å². The Bertz CT molecular complexity index is 4150. The second-order valence-corrected chi connectivity index (χ2v) is 20.6. The molecule has 4 aliphatic rings. The molecule has 74 heavy (non-hydrogen) atoms. The standard InChI is InChI=1S/C66H42B2N4OS/c1-6-22-43(23-7-1)69(44-24-8-2-9-25-44)48-38-57-63-58(39-48)72-55-35-19-16-32-50(55)62-65(72)53(67(63)51-33-17-20-36-56(51)71(57)47-30-14-5-15-31-47)42-54-66(62)73-59-40-49(41-61-64(59)68(54)52-34-18-21-37-60(52)74-61)70(45-26-10-3-11-27-45)46-28-12-4-13-29-46/h1-42H. The van der Waals surface area contributed by atoms with Crippen molar-refractivity contribution in [3.63, 3.8) is 0 Å². The Labute approximate surface area is 434 Å². The van der Waals surface area contributed by atoms with Gasteiger partial charge in [-0.3, -0.25) is 0 Å². The number of aromatic nitrogens is 1. The van der Waals surface area contributed by atoms with Gasteiger partial charge in [0.05, 0.1) is 22.4 Å². The number of hydrogen-bond acceptors (Lipinski definition) is 5. The van der Waals surface area contributed by atoms with E-state index in [-0.39, 0.29) is 13.4 Å². The van der Waals surface area contributed by atoms with Crippen molar-refractivity contribution in [1.29, 1.82) is 0 Å². The number of anilines is 9. The summed E-state index contributed by atoms with van der Waals surface area (Å²) < 4.78 is 10.3. The number of fused-ring (bicyclic) bond motifs is 12. The molecule has 0 bridgehead atoms. The van der Waals surface area contributed by atoms with Crippen LogP contribution in [-0.2, 0) is 0 Å². The van der Waals surface area contributed by atoms with Gasteiger partial charge in [0.15, 0.2) is 0 Å². The molecule has 4 aliphatic heterocycles. The van der Waals surface area contributed by atoms with E-state index in [4.69, 9.17) is 4.74 Å². The van der Waals surface area contributed by atoms with E-state index in [1.807, 2.05) is 11.8 Å². The molecule has 1 aromatic heterocycles. The highest BCUT2D eigenvalue weighted by Gasteiger charge is 2.47. The van der Waals surface area contributed by atoms with E-state index < -0.39 is 0 Å².